The fraction of sp³-hybridized carbons (Fsp3) is 0.296. The number of carbonyl (C=O) groups is 1. The number of hydrogen-bond donors (Lipinski definition) is 1. The molecule has 1 aliphatic rings. The van der Waals surface area contributed by atoms with Crippen LogP contribution in [0.5, 0.6) is 0 Å². The zero-order valence-electron chi connectivity index (χ0n) is 18.9. The molecule has 1 saturated heterocycles. The maximum absolute atomic E-state index is 13.6. The van der Waals surface area contributed by atoms with Crippen LogP contribution >= 0.6 is 0 Å². The summed E-state index contributed by atoms with van der Waals surface area (Å²) >= 11 is 0. The Morgan fingerprint density at radius 2 is 1.76 bits per heavy atom. The van der Waals surface area contributed by atoms with Crippen LogP contribution in [0.4, 0.5) is 0 Å². The lowest BCUT2D eigenvalue weighted by Gasteiger charge is -2.34. The number of aliphatic hydroxyl groups excluding tert-OH is 1. The summed E-state index contributed by atoms with van der Waals surface area (Å²) in [6.45, 7) is 5.06. The Morgan fingerprint density at radius 1 is 1.06 bits per heavy atom. The van der Waals surface area contributed by atoms with Crippen LogP contribution in [0.2, 0.25) is 0 Å². The molecule has 1 amide bonds. The van der Waals surface area contributed by atoms with E-state index < -0.39 is 6.10 Å². The molecule has 5 rings (SSSR count). The van der Waals surface area contributed by atoms with Crippen LogP contribution in [0.3, 0.4) is 0 Å². The summed E-state index contributed by atoms with van der Waals surface area (Å²) in [7, 11) is 0. The van der Waals surface area contributed by atoms with Crippen molar-refractivity contribution < 1.29 is 14.4 Å². The fourth-order valence-corrected chi connectivity index (χ4v) is 4.65. The molecule has 33 heavy (non-hydrogen) atoms. The number of carbonyl (C=O) groups excluding carboxylic acids is 1. The minimum atomic E-state index is -0.510. The van der Waals surface area contributed by atoms with Crippen molar-refractivity contribution >= 4 is 17.0 Å². The van der Waals surface area contributed by atoms with Gasteiger partial charge < -0.3 is 14.5 Å². The first-order valence-corrected chi connectivity index (χ1v) is 11.4. The van der Waals surface area contributed by atoms with Crippen molar-refractivity contribution in [2.45, 2.75) is 32.8 Å². The molecule has 168 valence electrons. The van der Waals surface area contributed by atoms with Gasteiger partial charge in [-0.15, -0.1) is 0 Å². The van der Waals surface area contributed by atoms with Gasteiger partial charge in [0.15, 0.2) is 0 Å². The smallest absolute Gasteiger partial charge is 0.259 e. The predicted molar refractivity (Wildman–Crippen MR) is 127 cm³/mol. The molecule has 2 aromatic carbocycles. The van der Waals surface area contributed by atoms with E-state index in [-0.39, 0.29) is 11.8 Å². The molecule has 1 atom stereocenters. The number of benzene rings is 2. The standard InChI is InChI=1S/C27H27N3O3/c1-17-8-10-19(11-9-17)23-16-22(24-18(2)29-33-26(24)28-23)27(32)30-14-12-21(13-15-30)25(31)20-6-4-3-5-7-20/h3-11,16,21,25,31H,12-15H2,1-2H3. The number of rotatable bonds is 4. The van der Waals surface area contributed by atoms with Crippen LogP contribution in [0.1, 0.15) is 46.1 Å². The van der Waals surface area contributed by atoms with E-state index in [4.69, 9.17) is 4.52 Å². The van der Waals surface area contributed by atoms with Gasteiger partial charge in [0.1, 0.15) is 0 Å². The van der Waals surface area contributed by atoms with Gasteiger partial charge in [-0.3, -0.25) is 4.79 Å². The minimum Gasteiger partial charge on any atom is -0.388 e. The van der Waals surface area contributed by atoms with Crippen LogP contribution in [-0.4, -0.2) is 39.1 Å². The van der Waals surface area contributed by atoms with Crippen molar-refractivity contribution in [3.63, 3.8) is 0 Å². The minimum absolute atomic E-state index is 0.0466. The van der Waals surface area contributed by atoms with Crippen LogP contribution < -0.4 is 0 Å². The van der Waals surface area contributed by atoms with E-state index in [2.05, 4.69) is 10.1 Å². The highest BCUT2D eigenvalue weighted by Gasteiger charge is 2.30. The molecule has 1 fully saturated rings. The van der Waals surface area contributed by atoms with Crippen molar-refractivity contribution in [3.8, 4) is 11.3 Å². The summed E-state index contributed by atoms with van der Waals surface area (Å²) in [5.74, 6) is 0.0871. The molecule has 3 heterocycles. The molecule has 0 aliphatic carbocycles. The second-order valence-electron chi connectivity index (χ2n) is 8.85. The van der Waals surface area contributed by atoms with Gasteiger partial charge in [0, 0.05) is 18.7 Å². The lowest BCUT2D eigenvalue weighted by molar-refractivity contribution is 0.0463. The highest BCUT2D eigenvalue weighted by Crippen LogP contribution is 2.33. The lowest BCUT2D eigenvalue weighted by atomic mass is 9.87. The van der Waals surface area contributed by atoms with Gasteiger partial charge in [-0.25, -0.2) is 4.98 Å². The zero-order valence-corrected chi connectivity index (χ0v) is 18.9. The fourth-order valence-electron chi connectivity index (χ4n) is 4.65. The topological polar surface area (TPSA) is 79.5 Å². The average Bonchev–Trinajstić information content (AvgIpc) is 3.24. The SMILES string of the molecule is Cc1ccc(-c2cc(C(=O)N3CCC(C(O)c4ccccc4)CC3)c3c(C)noc3n2)cc1. The van der Waals surface area contributed by atoms with Crippen molar-refractivity contribution in [2.75, 3.05) is 13.1 Å². The molecule has 2 aromatic heterocycles. The quantitative estimate of drug-likeness (QED) is 0.477. The predicted octanol–water partition coefficient (Wildman–Crippen LogP) is 5.09. The van der Waals surface area contributed by atoms with Crippen LogP contribution in [0.15, 0.2) is 65.2 Å². The molecule has 1 aliphatic heterocycles. The number of aryl methyl sites for hydroxylation is 2. The first-order chi connectivity index (χ1) is 16.0. The van der Waals surface area contributed by atoms with Gasteiger partial charge in [0.25, 0.3) is 11.6 Å². The highest BCUT2D eigenvalue weighted by atomic mass is 16.5. The summed E-state index contributed by atoms with van der Waals surface area (Å²) in [5, 5.41) is 15.5. The maximum Gasteiger partial charge on any atom is 0.259 e. The highest BCUT2D eigenvalue weighted by molar-refractivity contribution is 6.07. The van der Waals surface area contributed by atoms with E-state index in [0.29, 0.717) is 41.1 Å². The molecule has 0 saturated carbocycles. The second kappa shape index (κ2) is 8.79. The maximum atomic E-state index is 13.6. The first-order valence-electron chi connectivity index (χ1n) is 11.4. The van der Waals surface area contributed by atoms with Gasteiger partial charge in [-0.05, 0) is 44.2 Å². The van der Waals surface area contributed by atoms with E-state index in [1.165, 1.54) is 0 Å². The second-order valence-corrected chi connectivity index (χ2v) is 8.85. The number of piperidine rings is 1. The third kappa shape index (κ3) is 4.14. The summed E-state index contributed by atoms with van der Waals surface area (Å²) in [6, 6.07) is 19.6. The number of hydrogen-bond acceptors (Lipinski definition) is 5. The summed E-state index contributed by atoms with van der Waals surface area (Å²) < 4.78 is 5.45. The number of nitrogens with zero attached hydrogens (tertiary/aromatic N) is 3. The van der Waals surface area contributed by atoms with E-state index in [1.807, 2.05) is 79.4 Å². The normalized spacial score (nSPS) is 15.7. The molecule has 4 aromatic rings. The molecule has 6 heteroatoms. The number of fused-ring (bicyclic) bond motifs is 1. The molecule has 1 unspecified atom stereocenters. The van der Waals surface area contributed by atoms with Crippen LogP contribution in [-0.2, 0) is 0 Å². The molecule has 0 spiro atoms. The largest absolute Gasteiger partial charge is 0.388 e. The first kappa shape index (κ1) is 21.3. The molecule has 6 nitrogen and oxygen atoms in total. The Bertz CT molecular complexity index is 1270. The van der Waals surface area contributed by atoms with Gasteiger partial charge >= 0.3 is 0 Å². The Hall–Kier alpha value is -3.51. The molecular formula is C27H27N3O3. The van der Waals surface area contributed by atoms with Gasteiger partial charge in [0.2, 0.25) is 0 Å². The zero-order chi connectivity index (χ0) is 22.9. The van der Waals surface area contributed by atoms with Gasteiger partial charge in [-0.2, -0.15) is 0 Å². The van der Waals surface area contributed by atoms with Crippen LogP contribution in [0.25, 0.3) is 22.4 Å². The van der Waals surface area contributed by atoms with E-state index in [9.17, 15) is 9.90 Å². The van der Waals surface area contributed by atoms with Crippen molar-refractivity contribution in [1.82, 2.24) is 15.0 Å². The Balaban J connectivity index is 1.40. The van der Waals surface area contributed by atoms with Crippen LogP contribution in [0, 0.1) is 19.8 Å². The third-order valence-electron chi connectivity index (χ3n) is 6.61. The Morgan fingerprint density at radius 3 is 2.45 bits per heavy atom. The number of amides is 1. The van der Waals surface area contributed by atoms with Crippen molar-refractivity contribution in [3.05, 3.63) is 83.0 Å². The van der Waals surface area contributed by atoms with E-state index >= 15 is 0 Å². The number of aromatic nitrogens is 2. The summed E-state index contributed by atoms with van der Waals surface area (Å²) in [5.41, 5.74) is 5.31. The molecule has 0 radical (unpaired) electrons. The molecule has 0 bridgehead atoms. The average molecular weight is 442 g/mol. The monoisotopic (exact) mass is 441 g/mol. The molecular weight excluding hydrogens is 414 g/mol. The Labute approximate surface area is 192 Å². The summed E-state index contributed by atoms with van der Waals surface area (Å²) in [6.07, 6.45) is 0.997. The number of aliphatic hydroxyl groups is 1. The van der Waals surface area contributed by atoms with Crippen molar-refractivity contribution in [1.29, 1.82) is 0 Å². The Kier molecular flexibility index (Phi) is 5.68. The van der Waals surface area contributed by atoms with E-state index in [1.54, 1.807) is 0 Å². The molecule has 1 N–H and O–H groups in total. The lowest BCUT2D eigenvalue weighted by Crippen LogP contribution is -2.40. The number of likely N-dealkylation sites (tertiary alicyclic amines) is 1. The van der Waals surface area contributed by atoms with Gasteiger partial charge in [-0.1, -0.05) is 65.3 Å². The summed E-state index contributed by atoms with van der Waals surface area (Å²) in [4.78, 5) is 20.1. The van der Waals surface area contributed by atoms with Gasteiger partial charge in [0.05, 0.1) is 28.4 Å². The number of pyridine rings is 1. The third-order valence-corrected chi connectivity index (χ3v) is 6.61. The van der Waals surface area contributed by atoms with E-state index in [0.717, 1.165) is 29.5 Å². The van der Waals surface area contributed by atoms with Crippen molar-refractivity contribution in [2.24, 2.45) is 5.92 Å².